The number of alkyl halides is 9. The molecule has 0 fully saturated rings. The molecule has 0 atom stereocenters. The maximum Gasteiger partial charge on any atom is 0.444 e. The van der Waals surface area contributed by atoms with Crippen molar-refractivity contribution in [2.24, 2.45) is 4.99 Å². The predicted octanol–water partition coefficient (Wildman–Crippen LogP) is 5.12. The quantitative estimate of drug-likeness (QED) is 0.590. The second kappa shape index (κ2) is 5.74. The van der Waals surface area contributed by atoms with E-state index < -0.39 is 57.9 Å². The van der Waals surface area contributed by atoms with Gasteiger partial charge in [0.25, 0.3) is 9.98 Å². The molecule has 0 radical (unpaired) electrons. The third-order valence-electron chi connectivity index (χ3n) is 2.37. The third kappa shape index (κ3) is 3.53. The van der Waals surface area contributed by atoms with Crippen LogP contribution in [0.4, 0.5) is 43.9 Å². The molecule has 0 spiro atoms. The summed E-state index contributed by atoms with van der Waals surface area (Å²) < 4.78 is 127. The SMILES string of the molecule is CC(C)OC1=N/C(=C(/F)C(F)(F)F)C(C(F)(F)F)(C(F)(F)F)S1. The molecule has 0 aromatic heterocycles. The smallest absolute Gasteiger partial charge is 0.444 e. The van der Waals surface area contributed by atoms with Gasteiger partial charge >= 0.3 is 18.5 Å². The summed E-state index contributed by atoms with van der Waals surface area (Å²) in [4.78, 5) is 2.48. The Morgan fingerprint density at radius 1 is 1.00 bits per heavy atom. The van der Waals surface area contributed by atoms with Crippen molar-refractivity contribution in [3.8, 4) is 0 Å². The molecule has 0 aromatic rings. The van der Waals surface area contributed by atoms with Crippen LogP contribution < -0.4 is 0 Å². The number of allylic oxidation sites excluding steroid dienone is 1. The minimum atomic E-state index is -6.31. The van der Waals surface area contributed by atoms with E-state index in [0.29, 0.717) is 0 Å². The Kier molecular flexibility index (Phi) is 4.97. The predicted molar refractivity (Wildman–Crippen MR) is 60.3 cm³/mol. The fraction of sp³-hybridized carbons (Fsp3) is 0.700. The van der Waals surface area contributed by atoms with Crippen LogP contribution in [0.3, 0.4) is 0 Å². The standard InChI is InChI=1S/C10H7F10NOS/c1-3(2)22-6-21-5(4(11)8(12,13)14)7(23-6,9(15,16)17)10(18,19)20/h3H,1-2H3/b5-4+. The third-order valence-corrected chi connectivity index (χ3v) is 3.69. The molecule has 0 amide bonds. The van der Waals surface area contributed by atoms with Crippen LogP contribution in [0.2, 0.25) is 0 Å². The minimum absolute atomic E-state index is 0.992. The Bertz CT molecular complexity index is 513. The van der Waals surface area contributed by atoms with Crippen LogP contribution in [0.25, 0.3) is 0 Å². The highest BCUT2D eigenvalue weighted by Crippen LogP contribution is 2.61. The van der Waals surface area contributed by atoms with Crippen LogP contribution in [-0.2, 0) is 4.74 Å². The average molecular weight is 379 g/mol. The fourth-order valence-electron chi connectivity index (χ4n) is 1.51. The van der Waals surface area contributed by atoms with E-state index in [-0.39, 0.29) is 0 Å². The molecule has 1 aliphatic heterocycles. The van der Waals surface area contributed by atoms with Gasteiger partial charge in [-0.05, 0) is 25.6 Å². The van der Waals surface area contributed by atoms with Crippen LogP contribution in [-0.4, -0.2) is 34.6 Å². The zero-order valence-electron chi connectivity index (χ0n) is 11.1. The zero-order valence-corrected chi connectivity index (χ0v) is 11.9. The van der Waals surface area contributed by atoms with Gasteiger partial charge < -0.3 is 4.74 Å². The maximum absolute atomic E-state index is 13.3. The number of thioether (sulfide) groups is 1. The van der Waals surface area contributed by atoms with Crippen LogP contribution in [0, 0.1) is 0 Å². The molecule has 13 heteroatoms. The van der Waals surface area contributed by atoms with Gasteiger partial charge in [0.15, 0.2) is 0 Å². The molecule has 2 nitrogen and oxygen atoms in total. The molecular formula is C10H7F10NOS. The monoisotopic (exact) mass is 379 g/mol. The van der Waals surface area contributed by atoms with E-state index in [0.717, 1.165) is 0 Å². The van der Waals surface area contributed by atoms with Gasteiger partial charge in [-0.25, -0.2) is 4.99 Å². The number of halogens is 10. The van der Waals surface area contributed by atoms with Crippen molar-refractivity contribution < 1.29 is 48.6 Å². The molecule has 1 heterocycles. The summed E-state index contributed by atoms with van der Waals surface area (Å²) >= 11 is -1.17. The number of hydrogen-bond acceptors (Lipinski definition) is 3. The van der Waals surface area contributed by atoms with Crippen molar-refractivity contribution in [1.29, 1.82) is 0 Å². The first kappa shape index (κ1) is 19.9. The van der Waals surface area contributed by atoms with Crippen molar-refractivity contribution in [2.45, 2.75) is 43.2 Å². The highest BCUT2D eigenvalue weighted by atomic mass is 32.2. The molecule has 1 rings (SSSR count). The first-order valence-electron chi connectivity index (χ1n) is 5.59. The molecule has 0 saturated heterocycles. The van der Waals surface area contributed by atoms with Gasteiger partial charge in [-0.15, -0.1) is 0 Å². The minimum Gasteiger partial charge on any atom is -0.470 e. The van der Waals surface area contributed by atoms with E-state index in [4.69, 9.17) is 0 Å². The Labute approximate surface area is 126 Å². The lowest BCUT2D eigenvalue weighted by Gasteiger charge is -2.32. The number of rotatable bonds is 1. The van der Waals surface area contributed by atoms with Gasteiger partial charge in [0.1, 0.15) is 5.70 Å². The summed E-state index contributed by atoms with van der Waals surface area (Å²) in [7, 11) is 0. The fourth-order valence-corrected chi connectivity index (χ4v) is 2.61. The van der Waals surface area contributed by atoms with E-state index in [1.54, 1.807) is 0 Å². The summed E-state index contributed by atoms with van der Waals surface area (Å²) in [5.41, 5.74) is -2.83. The average Bonchev–Trinajstić information content (AvgIpc) is 2.64. The lowest BCUT2D eigenvalue weighted by atomic mass is 10.0. The van der Waals surface area contributed by atoms with E-state index in [1.807, 2.05) is 0 Å². The molecule has 1 aliphatic rings. The first-order valence-corrected chi connectivity index (χ1v) is 6.41. The summed E-state index contributed by atoms with van der Waals surface area (Å²) in [6, 6.07) is 0. The molecular weight excluding hydrogens is 372 g/mol. The molecule has 0 unspecified atom stereocenters. The molecule has 0 aliphatic carbocycles. The molecule has 23 heavy (non-hydrogen) atoms. The number of ether oxygens (including phenoxy) is 1. The van der Waals surface area contributed by atoms with Gasteiger partial charge in [-0.1, -0.05) is 0 Å². The van der Waals surface area contributed by atoms with Gasteiger partial charge in [-0.2, -0.15) is 43.9 Å². The highest BCUT2D eigenvalue weighted by molar-refractivity contribution is 8.15. The largest absolute Gasteiger partial charge is 0.470 e. The van der Waals surface area contributed by atoms with E-state index in [9.17, 15) is 43.9 Å². The van der Waals surface area contributed by atoms with Gasteiger partial charge in [0, 0.05) is 0 Å². The second-order valence-electron chi connectivity index (χ2n) is 4.48. The van der Waals surface area contributed by atoms with Crippen LogP contribution >= 0.6 is 11.8 Å². The van der Waals surface area contributed by atoms with Crippen molar-refractivity contribution in [2.75, 3.05) is 0 Å². The molecule has 0 bridgehead atoms. The van der Waals surface area contributed by atoms with Crippen molar-refractivity contribution in [1.82, 2.24) is 0 Å². The van der Waals surface area contributed by atoms with E-state index in [1.165, 1.54) is 13.8 Å². The summed E-state index contributed by atoms with van der Waals surface area (Å²) in [6.45, 7) is 2.38. The second-order valence-corrected chi connectivity index (χ2v) is 5.65. The molecule has 0 saturated carbocycles. The lowest BCUT2D eigenvalue weighted by molar-refractivity contribution is -0.253. The van der Waals surface area contributed by atoms with Crippen molar-refractivity contribution in [3.63, 3.8) is 0 Å². The maximum atomic E-state index is 13.3. The molecule has 0 N–H and O–H groups in total. The Morgan fingerprint density at radius 3 is 1.74 bits per heavy atom. The molecule has 134 valence electrons. The summed E-state index contributed by atoms with van der Waals surface area (Å²) in [5.74, 6) is -3.58. The number of aliphatic imine (C=N–C) groups is 1. The lowest BCUT2D eigenvalue weighted by Crippen LogP contribution is -2.54. The Hall–Kier alpha value is -1.14. The first-order chi connectivity index (χ1) is 10.0. The van der Waals surface area contributed by atoms with Gasteiger partial charge in [0.2, 0.25) is 5.83 Å². The summed E-state index contributed by atoms with van der Waals surface area (Å²) in [6.07, 6.45) is -19.7. The van der Waals surface area contributed by atoms with Gasteiger partial charge in [0.05, 0.1) is 6.10 Å². The number of hydrogen-bond donors (Lipinski definition) is 0. The van der Waals surface area contributed by atoms with E-state index >= 15 is 0 Å². The Balaban J connectivity index is 3.69. The van der Waals surface area contributed by atoms with Crippen LogP contribution in [0.5, 0.6) is 0 Å². The van der Waals surface area contributed by atoms with E-state index in [2.05, 4.69) is 9.73 Å². The topological polar surface area (TPSA) is 21.6 Å². The normalized spacial score (nSPS) is 21.5. The van der Waals surface area contributed by atoms with Gasteiger partial charge in [-0.3, -0.25) is 0 Å². The Morgan fingerprint density at radius 2 is 1.43 bits per heavy atom. The van der Waals surface area contributed by atoms with Crippen LogP contribution in [0.15, 0.2) is 16.5 Å². The zero-order chi connectivity index (χ0) is 18.4. The summed E-state index contributed by atoms with van der Waals surface area (Å²) in [5, 5.41) is -1.36. The van der Waals surface area contributed by atoms with Crippen molar-refractivity contribution in [3.05, 3.63) is 11.5 Å². The highest BCUT2D eigenvalue weighted by Gasteiger charge is 2.78. The molecule has 0 aromatic carbocycles. The van der Waals surface area contributed by atoms with Crippen molar-refractivity contribution >= 4 is 17.0 Å². The number of nitrogens with zero attached hydrogens (tertiary/aromatic N) is 1. The van der Waals surface area contributed by atoms with Crippen LogP contribution in [0.1, 0.15) is 13.8 Å².